The van der Waals surface area contributed by atoms with Crippen LogP contribution in [0, 0.1) is 5.41 Å². The van der Waals surface area contributed by atoms with Crippen LogP contribution in [-0.4, -0.2) is 12.3 Å². The molecule has 0 amide bonds. The lowest BCUT2D eigenvalue weighted by Gasteiger charge is -2.05. The molecule has 78 valence electrons. The van der Waals surface area contributed by atoms with E-state index in [0.717, 1.165) is 11.3 Å². The topological polar surface area (TPSA) is 45.1 Å². The first-order valence-electron chi connectivity index (χ1n) is 3.86. The molecule has 0 saturated carbocycles. The van der Waals surface area contributed by atoms with Gasteiger partial charge in [-0.25, -0.2) is 0 Å². The van der Waals surface area contributed by atoms with Crippen molar-refractivity contribution >= 4 is 34.8 Å². The molecule has 0 heterocycles. The van der Waals surface area contributed by atoms with Gasteiger partial charge in [0.2, 0.25) is 0 Å². The van der Waals surface area contributed by atoms with Gasteiger partial charge in [-0.2, -0.15) is 0 Å². The summed E-state index contributed by atoms with van der Waals surface area (Å²) in [4.78, 5) is 0. The fraction of sp³-hybridized carbons (Fsp3) is 0.222. The Kier molecular flexibility index (Phi) is 6.40. The second-order valence-corrected chi connectivity index (χ2v) is 3.00. The zero-order chi connectivity index (χ0) is 9.68. The predicted octanol–water partition coefficient (Wildman–Crippen LogP) is 2.23. The van der Waals surface area contributed by atoms with Crippen LogP contribution >= 0.6 is 29.6 Å². The van der Waals surface area contributed by atoms with Crippen LogP contribution in [0.15, 0.2) is 24.3 Å². The summed E-state index contributed by atoms with van der Waals surface area (Å²) in [6.07, 6.45) is 0. The van der Waals surface area contributed by atoms with Crippen LogP contribution in [0.2, 0.25) is 0 Å². The number of amidine groups is 1. The van der Waals surface area contributed by atoms with Gasteiger partial charge >= 0.3 is 0 Å². The first kappa shape index (κ1) is 13.3. The van der Waals surface area contributed by atoms with Crippen molar-refractivity contribution < 1.29 is 4.74 Å². The van der Waals surface area contributed by atoms with Gasteiger partial charge in [0.05, 0.1) is 7.11 Å². The molecule has 5 heteroatoms. The minimum Gasteiger partial charge on any atom is -0.497 e. The molecule has 2 N–H and O–H groups in total. The number of methoxy groups -OCH3 is 1. The number of benzene rings is 1. The molecule has 1 rings (SSSR count). The molecular weight excluding hydrogens is 264 g/mol. The molecule has 0 atom stereocenters. The Balaban J connectivity index is 0.00000169. The molecule has 0 bridgehead atoms. The van der Waals surface area contributed by atoms with Crippen molar-refractivity contribution in [3.05, 3.63) is 29.8 Å². The highest BCUT2D eigenvalue weighted by molar-refractivity contribution is 8.93. The van der Waals surface area contributed by atoms with Gasteiger partial charge in [-0.1, -0.05) is 12.1 Å². The molecule has 3 nitrogen and oxygen atoms in total. The van der Waals surface area contributed by atoms with Crippen LogP contribution < -0.4 is 10.1 Å². The number of rotatable bonds is 3. The molecule has 0 saturated heterocycles. The first-order chi connectivity index (χ1) is 6.22. The number of hydrogen-bond donors (Lipinski definition) is 3. The van der Waals surface area contributed by atoms with E-state index in [1.807, 2.05) is 24.3 Å². The number of hydrogen-bond acceptors (Lipinski definition) is 2. The van der Waals surface area contributed by atoms with Gasteiger partial charge in [-0.15, -0.1) is 29.6 Å². The van der Waals surface area contributed by atoms with E-state index >= 15 is 0 Å². The van der Waals surface area contributed by atoms with Crippen molar-refractivity contribution in [2.45, 2.75) is 6.54 Å². The lowest BCUT2D eigenvalue weighted by atomic mass is 10.2. The minimum atomic E-state index is 0. The number of halogens is 1. The van der Waals surface area contributed by atoms with Gasteiger partial charge in [-0.05, 0) is 17.7 Å². The van der Waals surface area contributed by atoms with Crippen molar-refractivity contribution in [2.24, 2.45) is 0 Å². The summed E-state index contributed by atoms with van der Waals surface area (Å²) in [6.45, 7) is 0.597. The molecule has 0 aliphatic carbocycles. The Bertz CT molecular complexity index is 307. The Morgan fingerprint density at radius 3 is 2.86 bits per heavy atom. The Labute approximate surface area is 99.5 Å². The van der Waals surface area contributed by atoms with Crippen LogP contribution in [0.1, 0.15) is 5.56 Å². The van der Waals surface area contributed by atoms with E-state index in [1.54, 1.807) is 7.11 Å². The molecule has 0 aliphatic rings. The SMILES string of the molecule is Br.COc1cccc(CNC(=N)S)c1. The van der Waals surface area contributed by atoms with Crippen LogP contribution in [0.4, 0.5) is 0 Å². The Morgan fingerprint density at radius 2 is 2.29 bits per heavy atom. The third-order valence-electron chi connectivity index (χ3n) is 1.59. The summed E-state index contributed by atoms with van der Waals surface area (Å²) in [6, 6.07) is 7.68. The number of thiol groups is 1. The molecule has 1 aromatic carbocycles. The average Bonchev–Trinajstić information content (AvgIpc) is 2.15. The van der Waals surface area contributed by atoms with Gasteiger partial charge in [0, 0.05) is 6.54 Å². The zero-order valence-electron chi connectivity index (χ0n) is 7.78. The van der Waals surface area contributed by atoms with Crippen molar-refractivity contribution in [3.63, 3.8) is 0 Å². The van der Waals surface area contributed by atoms with E-state index in [1.165, 1.54) is 0 Å². The predicted molar refractivity (Wildman–Crippen MR) is 66.9 cm³/mol. The summed E-state index contributed by atoms with van der Waals surface area (Å²) in [5.41, 5.74) is 1.07. The second kappa shape index (κ2) is 6.73. The van der Waals surface area contributed by atoms with Gasteiger partial charge in [0.1, 0.15) is 5.75 Å². The summed E-state index contributed by atoms with van der Waals surface area (Å²) >= 11 is 3.82. The fourth-order valence-electron chi connectivity index (χ4n) is 0.968. The third kappa shape index (κ3) is 4.53. The lowest BCUT2D eigenvalue weighted by Crippen LogP contribution is -2.16. The van der Waals surface area contributed by atoms with E-state index < -0.39 is 0 Å². The summed E-state index contributed by atoms with van der Waals surface area (Å²) in [7, 11) is 1.63. The van der Waals surface area contributed by atoms with E-state index in [2.05, 4.69) is 17.9 Å². The lowest BCUT2D eigenvalue weighted by molar-refractivity contribution is 0.414. The smallest absolute Gasteiger partial charge is 0.150 e. The van der Waals surface area contributed by atoms with Crippen LogP contribution in [0.5, 0.6) is 5.75 Å². The van der Waals surface area contributed by atoms with Gasteiger partial charge < -0.3 is 10.1 Å². The Morgan fingerprint density at radius 1 is 1.57 bits per heavy atom. The van der Waals surface area contributed by atoms with E-state index in [-0.39, 0.29) is 22.1 Å². The van der Waals surface area contributed by atoms with Gasteiger partial charge in [0.15, 0.2) is 5.17 Å². The monoisotopic (exact) mass is 276 g/mol. The Hall–Kier alpha value is -0.680. The number of ether oxygens (including phenoxy) is 1. The molecule has 0 spiro atoms. The molecule has 14 heavy (non-hydrogen) atoms. The molecule has 1 aromatic rings. The fourth-order valence-corrected chi connectivity index (χ4v) is 1.05. The van der Waals surface area contributed by atoms with E-state index in [9.17, 15) is 0 Å². The van der Waals surface area contributed by atoms with Gasteiger partial charge in [-0.3, -0.25) is 5.41 Å². The quantitative estimate of drug-likeness (QED) is 0.450. The van der Waals surface area contributed by atoms with Crippen molar-refractivity contribution in [1.82, 2.24) is 5.32 Å². The normalized spacial score (nSPS) is 8.71. The summed E-state index contributed by atoms with van der Waals surface area (Å²) in [5, 5.41) is 10.0. The van der Waals surface area contributed by atoms with Crippen LogP contribution in [-0.2, 0) is 6.54 Å². The number of nitrogens with one attached hydrogen (secondary N) is 2. The molecule has 0 unspecified atom stereocenters. The minimum absolute atomic E-state index is 0. The summed E-state index contributed by atoms with van der Waals surface area (Å²) < 4.78 is 5.06. The highest BCUT2D eigenvalue weighted by atomic mass is 79.9. The van der Waals surface area contributed by atoms with Crippen LogP contribution in [0.25, 0.3) is 0 Å². The zero-order valence-corrected chi connectivity index (χ0v) is 10.4. The van der Waals surface area contributed by atoms with Crippen molar-refractivity contribution in [2.75, 3.05) is 7.11 Å². The maximum absolute atomic E-state index is 7.06. The maximum Gasteiger partial charge on any atom is 0.150 e. The third-order valence-corrected chi connectivity index (χ3v) is 1.75. The van der Waals surface area contributed by atoms with Crippen LogP contribution in [0.3, 0.4) is 0 Å². The highest BCUT2D eigenvalue weighted by Crippen LogP contribution is 2.11. The maximum atomic E-state index is 7.06. The second-order valence-electron chi connectivity index (χ2n) is 2.55. The molecule has 0 fully saturated rings. The largest absolute Gasteiger partial charge is 0.497 e. The first-order valence-corrected chi connectivity index (χ1v) is 4.31. The molecular formula is C9H13BrN2OS. The summed E-state index contributed by atoms with van der Waals surface area (Å²) in [5.74, 6) is 0.824. The van der Waals surface area contributed by atoms with Crippen molar-refractivity contribution in [1.29, 1.82) is 5.41 Å². The van der Waals surface area contributed by atoms with Gasteiger partial charge in [0.25, 0.3) is 0 Å². The highest BCUT2D eigenvalue weighted by Gasteiger charge is 1.95. The average molecular weight is 277 g/mol. The van der Waals surface area contributed by atoms with E-state index in [0.29, 0.717) is 6.54 Å². The van der Waals surface area contributed by atoms with Crippen molar-refractivity contribution in [3.8, 4) is 5.75 Å². The molecule has 0 aromatic heterocycles. The van der Waals surface area contributed by atoms with E-state index in [4.69, 9.17) is 10.1 Å². The molecule has 0 aliphatic heterocycles. The standard InChI is InChI=1S/C9H12N2OS.BrH/c1-12-8-4-2-3-7(5-8)6-11-9(10)13;/h2-5H,6H2,1H3,(H3,10,11,13);1H. The molecule has 0 radical (unpaired) electrons.